The van der Waals surface area contributed by atoms with Gasteiger partial charge in [-0.25, -0.2) is 4.98 Å². The van der Waals surface area contributed by atoms with Crippen molar-refractivity contribution in [1.82, 2.24) is 14.9 Å². The van der Waals surface area contributed by atoms with Gasteiger partial charge in [-0.1, -0.05) is 12.1 Å². The van der Waals surface area contributed by atoms with Gasteiger partial charge in [-0.2, -0.15) is 0 Å². The normalized spacial score (nSPS) is 15.4. The molecule has 0 spiro atoms. The SMILES string of the molecule is CCN1C(=O)C(C)(C)C(=O)N(C)c2cc(CCN(CCc3cccnc3)Cc3nc(C)cs3)ccc21. The minimum Gasteiger partial charge on any atom is -0.313 e. The Hall–Kier alpha value is -3.10. The van der Waals surface area contributed by atoms with E-state index in [1.807, 2.05) is 32.2 Å². The van der Waals surface area contributed by atoms with Crippen LogP contribution in [0.2, 0.25) is 0 Å². The van der Waals surface area contributed by atoms with E-state index in [4.69, 9.17) is 0 Å². The summed E-state index contributed by atoms with van der Waals surface area (Å²) in [7, 11) is 1.77. The first-order valence-corrected chi connectivity index (χ1v) is 13.3. The Morgan fingerprint density at radius 1 is 1.03 bits per heavy atom. The molecule has 0 N–H and O–H groups in total. The maximum Gasteiger partial charge on any atom is 0.242 e. The fraction of sp³-hybridized carbons (Fsp3) is 0.429. The van der Waals surface area contributed by atoms with Crippen molar-refractivity contribution in [2.45, 2.75) is 47.1 Å². The number of aromatic nitrogens is 2. The van der Waals surface area contributed by atoms with Gasteiger partial charge in [-0.3, -0.25) is 19.5 Å². The third-order valence-electron chi connectivity index (χ3n) is 6.81. The third-order valence-corrected chi connectivity index (χ3v) is 7.76. The molecule has 0 aliphatic carbocycles. The maximum absolute atomic E-state index is 13.2. The molecule has 0 unspecified atom stereocenters. The molecule has 0 fully saturated rings. The molecule has 1 aromatic carbocycles. The van der Waals surface area contributed by atoms with Crippen LogP contribution in [-0.4, -0.2) is 53.4 Å². The van der Waals surface area contributed by atoms with Gasteiger partial charge in [-0.05, 0) is 69.9 Å². The van der Waals surface area contributed by atoms with Crippen molar-refractivity contribution in [2.75, 3.05) is 36.5 Å². The molecule has 2 amide bonds. The highest BCUT2D eigenvalue weighted by Crippen LogP contribution is 2.38. The number of carbonyl (C=O) groups is 2. The monoisotopic (exact) mass is 505 g/mol. The van der Waals surface area contributed by atoms with Gasteiger partial charge in [0.25, 0.3) is 0 Å². The zero-order valence-electron chi connectivity index (χ0n) is 21.8. The van der Waals surface area contributed by atoms with Crippen molar-refractivity contribution in [3.05, 3.63) is 69.9 Å². The van der Waals surface area contributed by atoms with Crippen molar-refractivity contribution >= 4 is 34.5 Å². The lowest BCUT2D eigenvalue weighted by molar-refractivity contribution is -0.137. The van der Waals surface area contributed by atoms with Gasteiger partial charge in [0.05, 0.1) is 17.9 Å². The highest BCUT2D eigenvalue weighted by molar-refractivity contribution is 7.09. The number of fused-ring (bicyclic) bond motifs is 1. The van der Waals surface area contributed by atoms with Gasteiger partial charge in [0, 0.05) is 50.1 Å². The minimum atomic E-state index is -1.10. The number of aryl methyl sites for hydroxylation is 1. The van der Waals surface area contributed by atoms with E-state index in [2.05, 4.69) is 38.4 Å². The van der Waals surface area contributed by atoms with Crippen LogP contribution in [0.5, 0.6) is 0 Å². The largest absolute Gasteiger partial charge is 0.313 e. The van der Waals surface area contributed by atoms with E-state index in [-0.39, 0.29) is 11.8 Å². The molecule has 8 heteroatoms. The van der Waals surface area contributed by atoms with E-state index >= 15 is 0 Å². The highest BCUT2D eigenvalue weighted by atomic mass is 32.1. The minimum absolute atomic E-state index is 0.159. The second-order valence-electron chi connectivity index (χ2n) is 9.88. The number of hydrogen-bond acceptors (Lipinski definition) is 6. The Bertz CT molecular complexity index is 1220. The second-order valence-corrected chi connectivity index (χ2v) is 10.8. The Balaban J connectivity index is 1.54. The Morgan fingerprint density at radius 2 is 1.78 bits per heavy atom. The molecule has 1 aliphatic heterocycles. The van der Waals surface area contributed by atoms with Gasteiger partial charge >= 0.3 is 0 Å². The van der Waals surface area contributed by atoms with E-state index in [0.29, 0.717) is 6.54 Å². The highest BCUT2D eigenvalue weighted by Gasteiger charge is 2.45. The summed E-state index contributed by atoms with van der Waals surface area (Å²) in [6, 6.07) is 10.2. The van der Waals surface area contributed by atoms with Gasteiger partial charge in [0.2, 0.25) is 11.8 Å². The van der Waals surface area contributed by atoms with Crippen LogP contribution < -0.4 is 9.80 Å². The average Bonchev–Trinajstić information content (AvgIpc) is 3.28. The topological polar surface area (TPSA) is 69.6 Å². The lowest BCUT2D eigenvalue weighted by atomic mass is 9.90. The van der Waals surface area contributed by atoms with Gasteiger partial charge in [0.1, 0.15) is 10.4 Å². The molecule has 2 aromatic heterocycles. The first-order chi connectivity index (χ1) is 17.2. The molecule has 3 aromatic rings. The summed E-state index contributed by atoms with van der Waals surface area (Å²) in [6.45, 7) is 10.5. The lowest BCUT2D eigenvalue weighted by Gasteiger charge is -2.27. The van der Waals surface area contributed by atoms with Gasteiger partial charge in [-0.15, -0.1) is 11.3 Å². The van der Waals surface area contributed by atoms with Crippen molar-refractivity contribution in [2.24, 2.45) is 5.41 Å². The van der Waals surface area contributed by atoms with E-state index < -0.39 is 5.41 Å². The smallest absolute Gasteiger partial charge is 0.242 e. The molecular formula is C28H35N5O2S. The van der Waals surface area contributed by atoms with Crippen LogP contribution >= 0.6 is 11.3 Å². The summed E-state index contributed by atoms with van der Waals surface area (Å²) in [4.78, 5) is 41.0. The predicted octanol–water partition coefficient (Wildman–Crippen LogP) is 4.49. The van der Waals surface area contributed by atoms with Crippen LogP contribution in [0, 0.1) is 12.3 Å². The Kier molecular flexibility index (Phi) is 7.85. The molecule has 36 heavy (non-hydrogen) atoms. The lowest BCUT2D eigenvalue weighted by Crippen LogP contribution is -2.47. The Labute approximate surface area is 217 Å². The molecule has 0 atom stereocenters. The molecule has 0 radical (unpaired) electrons. The van der Waals surface area contributed by atoms with E-state index in [0.717, 1.165) is 60.1 Å². The van der Waals surface area contributed by atoms with Crippen molar-refractivity contribution < 1.29 is 9.59 Å². The summed E-state index contributed by atoms with van der Waals surface area (Å²) in [5.41, 5.74) is 3.89. The number of benzene rings is 1. The number of carbonyl (C=O) groups excluding carboxylic acids is 2. The molecule has 0 saturated heterocycles. The van der Waals surface area contributed by atoms with Crippen LogP contribution in [0.15, 0.2) is 48.1 Å². The van der Waals surface area contributed by atoms with Crippen LogP contribution in [0.25, 0.3) is 0 Å². The quantitative estimate of drug-likeness (QED) is 0.401. The van der Waals surface area contributed by atoms with Crippen molar-refractivity contribution in [3.8, 4) is 0 Å². The standard InChI is InChI=1S/C28H35N5O2S/c1-6-33-23-10-9-21(16-24(23)31(5)26(34)28(3,4)27(33)35)11-14-32(18-25-30-20(2)19-36-25)15-12-22-8-7-13-29-17-22/h7-10,13,16-17,19H,6,11-12,14-15,18H2,1-5H3. The zero-order valence-corrected chi connectivity index (χ0v) is 22.6. The number of thiazole rings is 1. The molecule has 190 valence electrons. The first-order valence-electron chi connectivity index (χ1n) is 12.5. The predicted molar refractivity (Wildman–Crippen MR) is 145 cm³/mol. The fourth-order valence-corrected chi connectivity index (χ4v) is 5.47. The van der Waals surface area contributed by atoms with Gasteiger partial charge < -0.3 is 9.80 Å². The number of hydrogen-bond donors (Lipinski definition) is 0. The van der Waals surface area contributed by atoms with Crippen LogP contribution in [0.4, 0.5) is 11.4 Å². The van der Waals surface area contributed by atoms with E-state index in [1.54, 1.807) is 48.2 Å². The number of rotatable bonds is 9. The number of pyridine rings is 1. The molecule has 1 aliphatic rings. The summed E-state index contributed by atoms with van der Waals surface area (Å²) in [6.07, 6.45) is 5.47. The number of amides is 2. The van der Waals surface area contributed by atoms with E-state index in [9.17, 15) is 9.59 Å². The third kappa shape index (κ3) is 5.50. The van der Waals surface area contributed by atoms with E-state index in [1.165, 1.54) is 5.56 Å². The van der Waals surface area contributed by atoms with Crippen LogP contribution in [0.1, 0.15) is 42.6 Å². The fourth-order valence-electron chi connectivity index (χ4n) is 4.66. The van der Waals surface area contributed by atoms with Crippen LogP contribution in [0.3, 0.4) is 0 Å². The molecular weight excluding hydrogens is 470 g/mol. The first kappa shape index (κ1) is 26.0. The number of anilines is 2. The summed E-state index contributed by atoms with van der Waals surface area (Å²) < 4.78 is 0. The summed E-state index contributed by atoms with van der Waals surface area (Å²) in [5.74, 6) is -0.340. The summed E-state index contributed by atoms with van der Waals surface area (Å²) in [5, 5.41) is 3.21. The van der Waals surface area contributed by atoms with Crippen molar-refractivity contribution in [3.63, 3.8) is 0 Å². The molecule has 0 saturated carbocycles. The Morgan fingerprint density at radius 3 is 2.42 bits per heavy atom. The molecule has 4 rings (SSSR count). The zero-order chi connectivity index (χ0) is 25.9. The average molecular weight is 506 g/mol. The number of nitrogens with zero attached hydrogens (tertiary/aromatic N) is 5. The second kappa shape index (κ2) is 10.9. The molecule has 3 heterocycles. The molecule has 0 bridgehead atoms. The van der Waals surface area contributed by atoms with Gasteiger partial charge in [0.15, 0.2) is 0 Å². The molecule has 7 nitrogen and oxygen atoms in total. The maximum atomic E-state index is 13.2. The van der Waals surface area contributed by atoms with Crippen molar-refractivity contribution in [1.29, 1.82) is 0 Å². The summed E-state index contributed by atoms with van der Waals surface area (Å²) >= 11 is 1.70. The van der Waals surface area contributed by atoms with Crippen LogP contribution in [-0.2, 0) is 29.0 Å².